The fourth-order valence-corrected chi connectivity index (χ4v) is 2.53. The maximum atomic E-state index is 12.4. The maximum absolute atomic E-state index is 12.4. The normalized spacial score (nSPS) is 10.4. The van der Waals surface area contributed by atoms with Crippen LogP contribution in [0.15, 0.2) is 48.5 Å². The van der Waals surface area contributed by atoms with Crippen molar-refractivity contribution in [3.05, 3.63) is 65.4 Å². The second-order valence-corrected chi connectivity index (χ2v) is 6.11. The van der Waals surface area contributed by atoms with Gasteiger partial charge in [-0.25, -0.2) is 4.68 Å². The van der Waals surface area contributed by atoms with Gasteiger partial charge in [0.1, 0.15) is 6.54 Å². The van der Waals surface area contributed by atoms with Crippen molar-refractivity contribution in [2.24, 2.45) is 0 Å². The van der Waals surface area contributed by atoms with E-state index in [4.69, 9.17) is 5.73 Å². The van der Waals surface area contributed by atoms with Crippen molar-refractivity contribution in [3.8, 4) is 0 Å². The highest BCUT2D eigenvalue weighted by Crippen LogP contribution is 2.17. The third kappa shape index (κ3) is 4.12. The second kappa shape index (κ2) is 7.69. The number of nitrogen functional groups attached to an aromatic ring is 1. The predicted molar refractivity (Wildman–Crippen MR) is 103 cm³/mol. The highest BCUT2D eigenvalue weighted by atomic mass is 16.2. The number of carbonyl (C=O) groups excluding carboxylic acids is 2. The number of hydrogen-bond acceptors (Lipinski definition) is 5. The van der Waals surface area contributed by atoms with Gasteiger partial charge in [-0.3, -0.25) is 9.59 Å². The van der Waals surface area contributed by atoms with Crippen molar-refractivity contribution in [1.29, 1.82) is 0 Å². The molecule has 4 N–H and O–H groups in total. The molecule has 0 aliphatic heterocycles. The summed E-state index contributed by atoms with van der Waals surface area (Å²) in [6, 6.07) is 14.8. The minimum Gasteiger partial charge on any atom is -0.382 e. The van der Waals surface area contributed by atoms with Crippen LogP contribution in [0.25, 0.3) is 0 Å². The summed E-state index contributed by atoms with van der Waals surface area (Å²) in [4.78, 5) is 24.7. The van der Waals surface area contributed by atoms with E-state index >= 15 is 0 Å². The van der Waals surface area contributed by atoms with Crippen LogP contribution in [0.3, 0.4) is 0 Å². The van der Waals surface area contributed by atoms with Gasteiger partial charge in [-0.1, -0.05) is 41.6 Å². The lowest BCUT2D eigenvalue weighted by atomic mass is 10.2. The van der Waals surface area contributed by atoms with Gasteiger partial charge in [0.05, 0.1) is 0 Å². The molecule has 3 rings (SSSR count). The van der Waals surface area contributed by atoms with Gasteiger partial charge in [0, 0.05) is 11.4 Å². The number of nitrogens with two attached hydrogens (primary N) is 1. The van der Waals surface area contributed by atoms with Gasteiger partial charge >= 0.3 is 0 Å². The van der Waals surface area contributed by atoms with E-state index in [2.05, 4.69) is 20.9 Å². The SMILES string of the molecule is Cc1ccccc1NC(=O)Cn1nnc(C(=O)Nc2ccccc2C)c1N. The minimum absolute atomic E-state index is 0.0260. The van der Waals surface area contributed by atoms with Gasteiger partial charge in [0.2, 0.25) is 5.91 Å². The molecule has 0 bridgehead atoms. The van der Waals surface area contributed by atoms with E-state index in [-0.39, 0.29) is 24.0 Å². The van der Waals surface area contributed by atoms with Crippen molar-refractivity contribution < 1.29 is 9.59 Å². The van der Waals surface area contributed by atoms with Crippen LogP contribution in [-0.4, -0.2) is 26.8 Å². The molecule has 0 radical (unpaired) electrons. The fourth-order valence-electron chi connectivity index (χ4n) is 2.53. The van der Waals surface area contributed by atoms with Crippen molar-refractivity contribution in [2.75, 3.05) is 16.4 Å². The first kappa shape index (κ1) is 18.1. The van der Waals surface area contributed by atoms with Crippen LogP contribution < -0.4 is 16.4 Å². The molecule has 0 aliphatic carbocycles. The Morgan fingerprint density at radius 1 is 0.963 bits per heavy atom. The number of nitrogens with zero attached hydrogens (tertiary/aromatic N) is 3. The molecule has 2 amide bonds. The first-order valence-electron chi connectivity index (χ1n) is 8.37. The van der Waals surface area contributed by atoms with E-state index in [0.717, 1.165) is 11.1 Å². The monoisotopic (exact) mass is 364 g/mol. The summed E-state index contributed by atoms with van der Waals surface area (Å²) in [6.07, 6.45) is 0. The number of aromatic nitrogens is 3. The number of aryl methyl sites for hydroxylation is 2. The number of para-hydroxylation sites is 2. The van der Waals surface area contributed by atoms with E-state index in [1.54, 1.807) is 12.1 Å². The Kier molecular flexibility index (Phi) is 5.16. The first-order valence-corrected chi connectivity index (χ1v) is 8.37. The topological polar surface area (TPSA) is 115 Å². The quantitative estimate of drug-likeness (QED) is 0.643. The molecule has 1 aromatic heterocycles. The van der Waals surface area contributed by atoms with Gasteiger partial charge in [0.15, 0.2) is 11.5 Å². The van der Waals surface area contributed by atoms with Crippen LogP contribution in [-0.2, 0) is 11.3 Å². The Balaban J connectivity index is 1.69. The largest absolute Gasteiger partial charge is 0.382 e. The molecule has 0 aliphatic rings. The zero-order valence-corrected chi connectivity index (χ0v) is 15.1. The average Bonchev–Trinajstić information content (AvgIpc) is 2.99. The molecule has 0 atom stereocenters. The van der Waals surface area contributed by atoms with Crippen molar-refractivity contribution >= 4 is 29.0 Å². The minimum atomic E-state index is -0.479. The molecule has 138 valence electrons. The number of anilines is 3. The Hall–Kier alpha value is -3.68. The molecule has 0 fully saturated rings. The van der Waals surface area contributed by atoms with Crippen LogP contribution in [0.2, 0.25) is 0 Å². The Morgan fingerprint density at radius 2 is 1.52 bits per heavy atom. The Labute approximate surface area is 156 Å². The summed E-state index contributed by atoms with van der Waals surface area (Å²) in [5.41, 5.74) is 9.16. The Morgan fingerprint density at radius 3 is 2.11 bits per heavy atom. The van der Waals surface area contributed by atoms with Gasteiger partial charge < -0.3 is 16.4 Å². The fraction of sp³-hybridized carbons (Fsp3) is 0.158. The molecule has 0 saturated carbocycles. The number of benzene rings is 2. The first-order chi connectivity index (χ1) is 13.0. The zero-order valence-electron chi connectivity index (χ0n) is 15.1. The van der Waals surface area contributed by atoms with E-state index in [0.29, 0.717) is 11.4 Å². The molecular formula is C19H20N6O2. The zero-order chi connectivity index (χ0) is 19.4. The van der Waals surface area contributed by atoms with Crippen molar-refractivity contribution in [2.45, 2.75) is 20.4 Å². The molecule has 3 aromatic rings. The summed E-state index contributed by atoms with van der Waals surface area (Å²) in [7, 11) is 0. The lowest BCUT2D eigenvalue weighted by molar-refractivity contribution is -0.116. The molecule has 0 saturated heterocycles. The second-order valence-electron chi connectivity index (χ2n) is 6.11. The summed E-state index contributed by atoms with van der Waals surface area (Å²) >= 11 is 0. The van der Waals surface area contributed by atoms with Gasteiger partial charge in [-0.2, -0.15) is 0 Å². The van der Waals surface area contributed by atoms with Crippen LogP contribution in [0.5, 0.6) is 0 Å². The van der Waals surface area contributed by atoms with Crippen LogP contribution in [0, 0.1) is 13.8 Å². The lowest BCUT2D eigenvalue weighted by Gasteiger charge is -2.09. The third-order valence-electron chi connectivity index (χ3n) is 4.09. The molecule has 0 unspecified atom stereocenters. The smallest absolute Gasteiger partial charge is 0.280 e. The van der Waals surface area contributed by atoms with Crippen molar-refractivity contribution in [3.63, 3.8) is 0 Å². The number of nitrogens with one attached hydrogen (secondary N) is 2. The number of rotatable bonds is 5. The average molecular weight is 364 g/mol. The van der Waals surface area contributed by atoms with Gasteiger partial charge in [-0.15, -0.1) is 5.10 Å². The number of hydrogen-bond donors (Lipinski definition) is 3. The van der Waals surface area contributed by atoms with E-state index in [1.807, 2.05) is 50.2 Å². The summed E-state index contributed by atoms with van der Waals surface area (Å²) in [5.74, 6) is -0.764. The predicted octanol–water partition coefficient (Wildman–Crippen LogP) is 2.37. The summed E-state index contributed by atoms with van der Waals surface area (Å²) < 4.78 is 1.19. The van der Waals surface area contributed by atoms with E-state index in [9.17, 15) is 9.59 Å². The van der Waals surface area contributed by atoms with E-state index < -0.39 is 5.91 Å². The molecule has 1 heterocycles. The summed E-state index contributed by atoms with van der Waals surface area (Å²) in [5, 5.41) is 13.2. The van der Waals surface area contributed by atoms with Gasteiger partial charge in [0.25, 0.3) is 5.91 Å². The number of amides is 2. The number of carbonyl (C=O) groups is 2. The highest BCUT2D eigenvalue weighted by Gasteiger charge is 2.19. The van der Waals surface area contributed by atoms with Crippen molar-refractivity contribution in [1.82, 2.24) is 15.0 Å². The molecule has 0 spiro atoms. The van der Waals surface area contributed by atoms with E-state index in [1.165, 1.54) is 4.68 Å². The Bertz CT molecular complexity index is 995. The maximum Gasteiger partial charge on any atom is 0.280 e. The molecular weight excluding hydrogens is 344 g/mol. The molecule has 27 heavy (non-hydrogen) atoms. The molecule has 8 nitrogen and oxygen atoms in total. The van der Waals surface area contributed by atoms with Crippen LogP contribution in [0.1, 0.15) is 21.6 Å². The van der Waals surface area contributed by atoms with Gasteiger partial charge in [-0.05, 0) is 37.1 Å². The standard InChI is InChI=1S/C19H20N6O2/c1-12-7-3-5-9-14(12)21-16(26)11-25-18(20)17(23-24-25)19(27)22-15-10-6-4-8-13(15)2/h3-10H,11,20H2,1-2H3,(H,21,26)(H,22,27). The summed E-state index contributed by atoms with van der Waals surface area (Å²) in [6.45, 7) is 3.63. The van der Waals surface area contributed by atoms with Crippen LogP contribution >= 0.6 is 0 Å². The molecule has 8 heteroatoms. The van der Waals surface area contributed by atoms with Crippen LogP contribution in [0.4, 0.5) is 17.2 Å². The lowest BCUT2D eigenvalue weighted by Crippen LogP contribution is -2.21. The highest BCUT2D eigenvalue weighted by molar-refractivity contribution is 6.06. The third-order valence-corrected chi connectivity index (χ3v) is 4.09. The molecule has 2 aromatic carbocycles.